The number of carbonyl (C=O) groups is 1. The van der Waals surface area contributed by atoms with Gasteiger partial charge in [-0.2, -0.15) is 0 Å². The van der Waals surface area contributed by atoms with Gasteiger partial charge in [0.25, 0.3) is 0 Å². The van der Waals surface area contributed by atoms with Gasteiger partial charge in [0.05, 0.1) is 0 Å². The van der Waals surface area contributed by atoms with Crippen molar-refractivity contribution in [3.63, 3.8) is 0 Å². The van der Waals surface area contributed by atoms with Crippen LogP contribution >= 0.6 is 0 Å². The fourth-order valence-corrected chi connectivity index (χ4v) is 1.83. The first-order valence-corrected chi connectivity index (χ1v) is 6.21. The molecule has 1 amide bonds. The van der Waals surface area contributed by atoms with Crippen molar-refractivity contribution in [3.8, 4) is 0 Å². The Bertz CT molecular complexity index is 376. The third-order valence-corrected chi connectivity index (χ3v) is 2.98. The molecule has 0 heterocycles. The molecule has 17 heavy (non-hydrogen) atoms. The van der Waals surface area contributed by atoms with E-state index in [0.29, 0.717) is 13.0 Å². The van der Waals surface area contributed by atoms with Crippen molar-refractivity contribution in [2.45, 2.75) is 39.7 Å². The van der Waals surface area contributed by atoms with Crippen LogP contribution in [0.2, 0.25) is 0 Å². The third kappa shape index (κ3) is 3.56. The predicted molar refractivity (Wildman–Crippen MR) is 72.1 cm³/mol. The summed E-state index contributed by atoms with van der Waals surface area (Å²) in [7, 11) is 0. The quantitative estimate of drug-likeness (QED) is 0.850. The summed E-state index contributed by atoms with van der Waals surface area (Å²) in [5.74, 6) is 0.108. The number of anilines is 1. The zero-order valence-electron chi connectivity index (χ0n) is 10.9. The lowest BCUT2D eigenvalue weighted by Gasteiger charge is -2.24. The summed E-state index contributed by atoms with van der Waals surface area (Å²) < 4.78 is 0. The molecule has 1 atom stereocenters. The summed E-state index contributed by atoms with van der Waals surface area (Å²) >= 11 is 0. The molecule has 0 aliphatic rings. The minimum Gasteiger partial charge on any atom is -0.327 e. The van der Waals surface area contributed by atoms with Crippen LogP contribution in [0.15, 0.2) is 24.3 Å². The topological polar surface area (TPSA) is 46.3 Å². The van der Waals surface area contributed by atoms with Gasteiger partial charge in [-0.15, -0.1) is 0 Å². The van der Waals surface area contributed by atoms with Gasteiger partial charge in [0.15, 0.2) is 0 Å². The summed E-state index contributed by atoms with van der Waals surface area (Å²) in [5.41, 5.74) is 7.94. The van der Waals surface area contributed by atoms with Crippen molar-refractivity contribution in [3.05, 3.63) is 29.8 Å². The molecule has 1 rings (SSSR count). The highest BCUT2D eigenvalue weighted by atomic mass is 16.2. The zero-order valence-corrected chi connectivity index (χ0v) is 10.9. The summed E-state index contributed by atoms with van der Waals surface area (Å²) in [6.07, 6.45) is 1.25. The Morgan fingerprint density at radius 2 is 2.00 bits per heavy atom. The lowest BCUT2D eigenvalue weighted by atomic mass is 10.1. The number of amides is 1. The maximum Gasteiger partial charge on any atom is 0.228 e. The molecular formula is C14H22N2O. The molecular weight excluding hydrogens is 212 g/mol. The van der Waals surface area contributed by atoms with Crippen LogP contribution in [-0.2, 0) is 4.79 Å². The summed E-state index contributed by atoms with van der Waals surface area (Å²) in [4.78, 5) is 14.0. The lowest BCUT2D eigenvalue weighted by Crippen LogP contribution is -2.36. The Morgan fingerprint density at radius 1 is 1.35 bits per heavy atom. The zero-order chi connectivity index (χ0) is 12.8. The number of benzene rings is 1. The second-order valence-electron chi connectivity index (χ2n) is 4.30. The number of aryl methyl sites for hydroxylation is 1. The van der Waals surface area contributed by atoms with Gasteiger partial charge in [0, 0.05) is 24.7 Å². The van der Waals surface area contributed by atoms with Crippen LogP contribution in [0.1, 0.15) is 32.3 Å². The van der Waals surface area contributed by atoms with E-state index in [1.54, 1.807) is 0 Å². The minimum atomic E-state index is -0.0411. The fraction of sp³-hybridized carbons (Fsp3) is 0.500. The highest BCUT2D eigenvalue weighted by molar-refractivity contribution is 5.94. The molecule has 94 valence electrons. The average molecular weight is 234 g/mol. The van der Waals surface area contributed by atoms with Gasteiger partial charge in [0.2, 0.25) is 5.91 Å². The van der Waals surface area contributed by atoms with Crippen LogP contribution in [0.3, 0.4) is 0 Å². The minimum absolute atomic E-state index is 0.0411. The maximum absolute atomic E-state index is 12.1. The first kappa shape index (κ1) is 13.7. The van der Waals surface area contributed by atoms with Crippen LogP contribution in [0, 0.1) is 6.92 Å². The van der Waals surface area contributed by atoms with Gasteiger partial charge in [-0.1, -0.05) is 25.1 Å². The number of hydrogen-bond acceptors (Lipinski definition) is 2. The number of para-hydroxylation sites is 1. The molecule has 3 heteroatoms. The first-order valence-electron chi connectivity index (χ1n) is 6.21. The van der Waals surface area contributed by atoms with E-state index in [-0.39, 0.29) is 11.9 Å². The van der Waals surface area contributed by atoms with Crippen molar-refractivity contribution in [1.82, 2.24) is 0 Å². The summed E-state index contributed by atoms with van der Waals surface area (Å²) in [6, 6.07) is 7.90. The van der Waals surface area contributed by atoms with Gasteiger partial charge in [0.1, 0.15) is 0 Å². The summed E-state index contributed by atoms with van der Waals surface area (Å²) in [6.45, 7) is 6.69. The smallest absolute Gasteiger partial charge is 0.228 e. The van der Waals surface area contributed by atoms with Crippen LogP contribution in [0.4, 0.5) is 5.69 Å². The van der Waals surface area contributed by atoms with Crippen LogP contribution in [0.5, 0.6) is 0 Å². The van der Waals surface area contributed by atoms with E-state index in [2.05, 4.69) is 0 Å². The molecule has 0 radical (unpaired) electrons. The normalized spacial score (nSPS) is 12.2. The van der Waals surface area contributed by atoms with E-state index >= 15 is 0 Å². The molecule has 0 saturated heterocycles. The summed E-state index contributed by atoms with van der Waals surface area (Å²) in [5, 5.41) is 0. The molecule has 0 aliphatic carbocycles. The number of hydrogen-bond donors (Lipinski definition) is 1. The van der Waals surface area contributed by atoms with E-state index in [4.69, 9.17) is 5.73 Å². The molecule has 0 bridgehead atoms. The first-order chi connectivity index (χ1) is 8.10. The number of carbonyl (C=O) groups excluding carboxylic acids is 1. The van der Waals surface area contributed by atoms with Crippen molar-refractivity contribution in [2.24, 2.45) is 5.73 Å². The van der Waals surface area contributed by atoms with Crippen molar-refractivity contribution in [2.75, 3.05) is 11.4 Å². The molecule has 0 aromatic heterocycles. The molecule has 2 N–H and O–H groups in total. The van der Waals surface area contributed by atoms with E-state index in [1.807, 2.05) is 49.9 Å². The molecule has 0 spiro atoms. The molecule has 0 aliphatic heterocycles. The monoisotopic (exact) mass is 234 g/mol. The highest BCUT2D eigenvalue weighted by Gasteiger charge is 2.17. The molecule has 3 nitrogen and oxygen atoms in total. The molecule has 1 unspecified atom stereocenters. The van der Waals surface area contributed by atoms with Gasteiger partial charge in [-0.05, 0) is 31.9 Å². The van der Waals surface area contributed by atoms with E-state index in [0.717, 1.165) is 17.7 Å². The number of rotatable bonds is 5. The van der Waals surface area contributed by atoms with Gasteiger partial charge < -0.3 is 10.6 Å². The Balaban J connectivity index is 2.85. The molecule has 1 aromatic carbocycles. The van der Waals surface area contributed by atoms with E-state index in [9.17, 15) is 4.79 Å². The fourth-order valence-electron chi connectivity index (χ4n) is 1.83. The van der Waals surface area contributed by atoms with Crippen LogP contribution in [0.25, 0.3) is 0 Å². The number of nitrogens with two attached hydrogens (primary N) is 1. The van der Waals surface area contributed by atoms with Crippen LogP contribution in [-0.4, -0.2) is 18.5 Å². The second-order valence-corrected chi connectivity index (χ2v) is 4.30. The van der Waals surface area contributed by atoms with E-state index < -0.39 is 0 Å². The lowest BCUT2D eigenvalue weighted by molar-refractivity contribution is -0.118. The second kappa shape index (κ2) is 6.40. The molecule has 0 fully saturated rings. The van der Waals surface area contributed by atoms with Gasteiger partial charge >= 0.3 is 0 Å². The average Bonchev–Trinajstić information content (AvgIpc) is 2.32. The van der Waals surface area contributed by atoms with Gasteiger partial charge in [-0.3, -0.25) is 4.79 Å². The SMILES string of the molecule is CCC(N)CC(=O)N(CC)c1ccccc1C. The predicted octanol–water partition coefficient (Wildman–Crippen LogP) is 2.48. The van der Waals surface area contributed by atoms with Crippen LogP contribution < -0.4 is 10.6 Å². The number of nitrogens with zero attached hydrogens (tertiary/aromatic N) is 1. The highest BCUT2D eigenvalue weighted by Crippen LogP contribution is 2.20. The Hall–Kier alpha value is -1.35. The maximum atomic E-state index is 12.1. The largest absolute Gasteiger partial charge is 0.327 e. The van der Waals surface area contributed by atoms with Gasteiger partial charge in [-0.25, -0.2) is 0 Å². The Morgan fingerprint density at radius 3 is 2.53 bits per heavy atom. The standard InChI is InChI=1S/C14H22N2O/c1-4-12(15)10-14(17)16(5-2)13-9-7-6-8-11(13)3/h6-9,12H,4-5,10,15H2,1-3H3. The Kier molecular flexibility index (Phi) is 5.16. The molecule has 1 aromatic rings. The molecule has 0 saturated carbocycles. The third-order valence-electron chi connectivity index (χ3n) is 2.98. The Labute approximate surface area is 104 Å². The van der Waals surface area contributed by atoms with Crippen molar-refractivity contribution in [1.29, 1.82) is 0 Å². The van der Waals surface area contributed by atoms with Crippen molar-refractivity contribution < 1.29 is 4.79 Å². The van der Waals surface area contributed by atoms with E-state index in [1.165, 1.54) is 0 Å². The van der Waals surface area contributed by atoms with Crippen molar-refractivity contribution >= 4 is 11.6 Å².